The van der Waals surface area contributed by atoms with Crippen LogP contribution < -0.4 is 10.6 Å². The summed E-state index contributed by atoms with van der Waals surface area (Å²) in [5.74, 6) is -1.22. The number of esters is 1. The van der Waals surface area contributed by atoms with Gasteiger partial charge in [-0.15, -0.1) is 0 Å². The maximum atomic E-state index is 12.2. The van der Waals surface area contributed by atoms with Gasteiger partial charge in [0.25, 0.3) is 11.8 Å². The Kier molecular flexibility index (Phi) is 7.98. The molecule has 0 saturated heterocycles. The van der Waals surface area contributed by atoms with Gasteiger partial charge < -0.3 is 15.4 Å². The van der Waals surface area contributed by atoms with E-state index in [4.69, 9.17) is 4.74 Å². The molecule has 2 rings (SSSR count). The number of amides is 2. The smallest absolute Gasteiger partial charge is 0.325 e. The Morgan fingerprint density at radius 2 is 1.79 bits per heavy atom. The summed E-state index contributed by atoms with van der Waals surface area (Å²) in [6.45, 7) is 5.28. The van der Waals surface area contributed by atoms with E-state index in [0.717, 1.165) is 20.4 Å². The molecule has 7 heteroatoms. The lowest BCUT2D eigenvalue weighted by atomic mass is 9.98. The van der Waals surface area contributed by atoms with E-state index in [9.17, 15) is 14.4 Å². The Labute approximate surface area is 178 Å². The molecule has 0 aliphatic heterocycles. The van der Waals surface area contributed by atoms with Crippen molar-refractivity contribution in [3.63, 3.8) is 0 Å². The Morgan fingerprint density at radius 1 is 1.07 bits per heavy atom. The van der Waals surface area contributed by atoms with Crippen molar-refractivity contribution < 1.29 is 19.1 Å². The largest absolute Gasteiger partial charge is 0.454 e. The van der Waals surface area contributed by atoms with E-state index < -0.39 is 18.5 Å². The molecule has 0 aromatic heterocycles. The second-order valence-electron chi connectivity index (χ2n) is 6.57. The van der Waals surface area contributed by atoms with Gasteiger partial charge in [0.15, 0.2) is 6.61 Å². The first-order chi connectivity index (χ1) is 13.3. The molecular weight excluding hydrogens is 471 g/mol. The highest BCUT2D eigenvalue weighted by Gasteiger charge is 2.15. The zero-order valence-electron chi connectivity index (χ0n) is 16.0. The Hall–Kier alpha value is -2.42. The zero-order valence-corrected chi connectivity index (χ0v) is 18.2. The van der Waals surface area contributed by atoms with Crippen molar-refractivity contribution in [1.29, 1.82) is 0 Å². The molecule has 0 saturated carbocycles. The van der Waals surface area contributed by atoms with E-state index in [1.807, 2.05) is 67.6 Å². The van der Waals surface area contributed by atoms with E-state index >= 15 is 0 Å². The molecule has 0 aliphatic rings. The van der Waals surface area contributed by atoms with Crippen LogP contribution in [0.5, 0.6) is 0 Å². The Morgan fingerprint density at radius 3 is 2.46 bits per heavy atom. The highest BCUT2D eigenvalue weighted by molar-refractivity contribution is 14.1. The summed E-state index contributed by atoms with van der Waals surface area (Å²) in [6, 6.07) is 12.9. The van der Waals surface area contributed by atoms with Gasteiger partial charge in [-0.3, -0.25) is 14.4 Å². The summed E-state index contributed by atoms with van der Waals surface area (Å²) < 4.78 is 5.75. The number of hydrogen-bond donors (Lipinski definition) is 2. The van der Waals surface area contributed by atoms with Crippen LogP contribution in [0.3, 0.4) is 0 Å². The maximum absolute atomic E-state index is 12.2. The maximum Gasteiger partial charge on any atom is 0.325 e. The number of hydrogen-bond acceptors (Lipinski definition) is 4. The van der Waals surface area contributed by atoms with Crippen LogP contribution in [0.15, 0.2) is 42.5 Å². The van der Waals surface area contributed by atoms with Crippen LogP contribution in [0.1, 0.15) is 41.3 Å². The quantitative estimate of drug-likeness (QED) is 0.455. The van der Waals surface area contributed by atoms with Crippen molar-refractivity contribution in [2.45, 2.75) is 26.7 Å². The third-order valence-corrected chi connectivity index (χ3v) is 5.01. The lowest BCUT2D eigenvalue weighted by molar-refractivity contribution is -0.146. The van der Waals surface area contributed by atoms with E-state index in [-0.39, 0.29) is 18.4 Å². The monoisotopic (exact) mass is 494 g/mol. The fourth-order valence-electron chi connectivity index (χ4n) is 2.61. The standard InChI is InChI=1S/C21H23IN2O4/c1-13(2)15-9-6-7-14(3)20(15)24-18(25)12-28-19(26)11-23-21(27)16-8-4-5-10-17(16)22/h4-10,13H,11-12H2,1-3H3,(H,23,27)(H,24,25). The number of anilines is 1. The number of para-hydroxylation sites is 1. The van der Waals surface area contributed by atoms with Crippen LogP contribution in [0, 0.1) is 10.5 Å². The molecule has 0 spiro atoms. The molecule has 0 unspecified atom stereocenters. The predicted octanol–water partition coefficient (Wildman–Crippen LogP) is 3.63. The molecular formula is C21H23IN2O4. The molecule has 0 heterocycles. The van der Waals surface area contributed by atoms with Gasteiger partial charge in [0.2, 0.25) is 0 Å². The molecule has 2 aromatic rings. The average molecular weight is 494 g/mol. The fraction of sp³-hybridized carbons (Fsp3) is 0.286. The van der Waals surface area contributed by atoms with Gasteiger partial charge >= 0.3 is 5.97 Å². The number of nitrogens with one attached hydrogen (secondary N) is 2. The molecule has 28 heavy (non-hydrogen) atoms. The van der Waals surface area contributed by atoms with Crippen LogP contribution in [0.4, 0.5) is 5.69 Å². The van der Waals surface area contributed by atoms with Crippen molar-refractivity contribution >= 4 is 46.1 Å². The number of carbonyl (C=O) groups excluding carboxylic acids is 3. The first-order valence-corrected chi connectivity index (χ1v) is 9.95. The van der Waals surface area contributed by atoms with Gasteiger partial charge in [-0.1, -0.05) is 44.2 Å². The minimum Gasteiger partial charge on any atom is -0.454 e. The molecule has 0 radical (unpaired) electrons. The molecule has 148 valence electrons. The van der Waals surface area contributed by atoms with Crippen LogP contribution >= 0.6 is 22.6 Å². The molecule has 2 aromatic carbocycles. The summed E-state index contributed by atoms with van der Waals surface area (Å²) in [7, 11) is 0. The summed E-state index contributed by atoms with van der Waals surface area (Å²) in [6.07, 6.45) is 0. The highest BCUT2D eigenvalue weighted by atomic mass is 127. The van der Waals surface area contributed by atoms with Gasteiger partial charge in [0.1, 0.15) is 6.54 Å². The molecule has 0 bridgehead atoms. The van der Waals surface area contributed by atoms with Crippen molar-refractivity contribution in [2.75, 3.05) is 18.5 Å². The van der Waals surface area contributed by atoms with E-state index in [1.165, 1.54) is 0 Å². The second-order valence-corrected chi connectivity index (χ2v) is 7.73. The lowest BCUT2D eigenvalue weighted by Crippen LogP contribution is -2.32. The summed E-state index contributed by atoms with van der Waals surface area (Å²) in [5, 5.41) is 5.31. The van der Waals surface area contributed by atoms with Crippen molar-refractivity contribution in [3.05, 3.63) is 62.7 Å². The van der Waals surface area contributed by atoms with Gasteiger partial charge in [0, 0.05) is 9.26 Å². The molecule has 0 atom stereocenters. The van der Waals surface area contributed by atoms with Crippen molar-refractivity contribution in [3.8, 4) is 0 Å². The van der Waals surface area contributed by atoms with Crippen molar-refractivity contribution in [2.24, 2.45) is 0 Å². The third kappa shape index (κ3) is 6.05. The minimum atomic E-state index is -0.677. The molecule has 0 aliphatic carbocycles. The van der Waals surface area contributed by atoms with Gasteiger partial charge in [0.05, 0.1) is 5.56 Å². The number of ether oxygens (including phenoxy) is 1. The predicted molar refractivity (Wildman–Crippen MR) is 116 cm³/mol. The molecule has 2 N–H and O–H groups in total. The Balaban J connectivity index is 1.84. The number of rotatable bonds is 7. The van der Waals surface area contributed by atoms with Crippen LogP contribution in [-0.2, 0) is 14.3 Å². The van der Waals surface area contributed by atoms with Crippen molar-refractivity contribution in [1.82, 2.24) is 5.32 Å². The highest BCUT2D eigenvalue weighted by Crippen LogP contribution is 2.27. The van der Waals surface area contributed by atoms with Crippen LogP contribution in [-0.4, -0.2) is 30.9 Å². The van der Waals surface area contributed by atoms with Crippen LogP contribution in [0.2, 0.25) is 0 Å². The normalized spacial score (nSPS) is 10.5. The Bertz CT molecular complexity index is 880. The lowest BCUT2D eigenvalue weighted by Gasteiger charge is -2.16. The number of carbonyl (C=O) groups is 3. The summed E-state index contributed by atoms with van der Waals surface area (Å²) >= 11 is 2.05. The third-order valence-electron chi connectivity index (χ3n) is 4.07. The molecule has 0 fully saturated rings. The SMILES string of the molecule is Cc1cccc(C(C)C)c1NC(=O)COC(=O)CNC(=O)c1ccccc1I. The van der Waals surface area contributed by atoms with Crippen LogP contribution in [0.25, 0.3) is 0 Å². The number of benzene rings is 2. The summed E-state index contributed by atoms with van der Waals surface area (Å²) in [5.41, 5.74) is 3.18. The van der Waals surface area contributed by atoms with E-state index in [2.05, 4.69) is 10.6 Å². The first kappa shape index (κ1) is 21.9. The van der Waals surface area contributed by atoms with E-state index in [0.29, 0.717) is 5.56 Å². The second kappa shape index (κ2) is 10.2. The van der Waals surface area contributed by atoms with Gasteiger partial charge in [-0.25, -0.2) is 0 Å². The number of aryl methyl sites for hydroxylation is 1. The van der Waals surface area contributed by atoms with Gasteiger partial charge in [-0.05, 0) is 58.7 Å². The molecule has 2 amide bonds. The van der Waals surface area contributed by atoms with Gasteiger partial charge in [-0.2, -0.15) is 0 Å². The molecule has 6 nitrogen and oxygen atoms in total. The average Bonchev–Trinajstić information content (AvgIpc) is 2.66. The zero-order chi connectivity index (χ0) is 20.7. The minimum absolute atomic E-state index is 0.244. The fourth-order valence-corrected chi connectivity index (χ4v) is 3.24. The summed E-state index contributed by atoms with van der Waals surface area (Å²) in [4.78, 5) is 36.1. The number of halogens is 1. The topological polar surface area (TPSA) is 84.5 Å². The van der Waals surface area contributed by atoms with E-state index in [1.54, 1.807) is 18.2 Å². The first-order valence-electron chi connectivity index (χ1n) is 8.87.